The molecular weight excluding hydrogens is 889 g/mol. The Hall–Kier alpha value is -3.35. The van der Waals surface area contributed by atoms with E-state index in [0.29, 0.717) is 5.92 Å². The smallest absolute Gasteiger partial charge is 0.0596 e. The summed E-state index contributed by atoms with van der Waals surface area (Å²) in [5.41, 5.74) is 7.64. The second-order valence-electron chi connectivity index (χ2n) is 16.9. The number of hydrogen-bond acceptors (Lipinski definition) is 3. The van der Waals surface area contributed by atoms with Crippen molar-refractivity contribution in [3.8, 4) is 22.5 Å². The van der Waals surface area contributed by atoms with Crippen molar-refractivity contribution in [3.63, 3.8) is 0 Å². The fourth-order valence-corrected chi connectivity index (χ4v) is 10.2. The molecule has 52 heavy (non-hydrogen) atoms. The molecule has 0 fully saturated rings. The molecule has 0 aliphatic heterocycles. The topological polar surface area (TPSA) is 38.9 Å². The molecule has 0 bridgehead atoms. The summed E-state index contributed by atoms with van der Waals surface area (Å²) in [4.78, 5) is 9.16. The van der Waals surface area contributed by atoms with Crippen LogP contribution in [0.2, 0.25) is 36.9 Å². The zero-order valence-electron chi connectivity index (χ0n) is 33.3. The molecule has 2 atom stereocenters. The molecule has 1 aliphatic rings. The summed E-state index contributed by atoms with van der Waals surface area (Å²) in [6.45, 7) is 15.3. The number of benzene rings is 3. The molecule has 0 spiro atoms. The van der Waals surface area contributed by atoms with Gasteiger partial charge >= 0.3 is 156 Å². The Bertz CT molecular complexity index is 2260. The summed E-state index contributed by atoms with van der Waals surface area (Å²) < 4.78 is 16.8. The summed E-state index contributed by atoms with van der Waals surface area (Å²) >= 11 is -1.79. The minimum absolute atomic E-state index is 0. The van der Waals surface area contributed by atoms with E-state index in [1.807, 2.05) is 61.8 Å². The number of furan rings is 1. The molecule has 0 amide bonds. The van der Waals surface area contributed by atoms with Crippen molar-refractivity contribution in [2.75, 3.05) is 0 Å². The van der Waals surface area contributed by atoms with Crippen LogP contribution in [0.1, 0.15) is 58.4 Å². The molecule has 3 aromatic heterocycles. The van der Waals surface area contributed by atoms with Crippen LogP contribution in [0, 0.1) is 17.5 Å². The Morgan fingerprint density at radius 1 is 0.885 bits per heavy atom. The Morgan fingerprint density at radius 2 is 1.65 bits per heavy atom. The average molecular weight is 943 g/mol. The number of pyridine rings is 2. The van der Waals surface area contributed by atoms with Crippen molar-refractivity contribution in [2.24, 2.45) is 5.41 Å². The van der Waals surface area contributed by atoms with E-state index in [4.69, 9.17) is 5.79 Å². The SMILES string of the molecule is C[Si](C)(C)c1ccc(-c2[c-]cccc2)nc1.[2H]C(C)(c1ccnc(-c2[c-]cc3oc4ccc(C5C=C[C]([Ge]([CH3])([CH3])[CH3])=CC5)cc4c3c2)c1)C(C)(C)C.[Ir]. The molecule has 0 saturated carbocycles. The number of rotatable bonds is 6. The van der Waals surface area contributed by atoms with Crippen molar-refractivity contribution in [1.29, 1.82) is 0 Å². The predicted octanol–water partition coefficient (Wildman–Crippen LogP) is 12.5. The second-order valence-corrected chi connectivity index (χ2v) is 32.6. The van der Waals surface area contributed by atoms with Gasteiger partial charge in [0, 0.05) is 33.9 Å². The van der Waals surface area contributed by atoms with Gasteiger partial charge in [0.05, 0.1) is 8.07 Å². The third-order valence-corrected chi connectivity index (χ3v) is 16.5. The summed E-state index contributed by atoms with van der Waals surface area (Å²) in [6, 6.07) is 33.5. The quantitative estimate of drug-likeness (QED) is 0.123. The molecular formula is C46H52GeIrN2OSi-2. The summed E-state index contributed by atoms with van der Waals surface area (Å²) in [5, 5.41) is 3.61. The van der Waals surface area contributed by atoms with Gasteiger partial charge in [0.15, 0.2) is 0 Å². The molecule has 3 aromatic carbocycles. The molecule has 0 N–H and O–H groups in total. The van der Waals surface area contributed by atoms with Crippen LogP contribution in [0.3, 0.4) is 0 Å². The van der Waals surface area contributed by atoms with E-state index >= 15 is 0 Å². The molecule has 3 heterocycles. The van der Waals surface area contributed by atoms with Crippen LogP contribution in [0.25, 0.3) is 44.5 Å². The normalized spacial score (nSPS) is 16.3. The second kappa shape index (κ2) is 15.9. The summed E-state index contributed by atoms with van der Waals surface area (Å²) in [6.07, 6.45) is 12.1. The molecule has 271 valence electrons. The van der Waals surface area contributed by atoms with Crippen molar-refractivity contribution < 1.29 is 25.9 Å². The zero-order valence-corrected chi connectivity index (χ0v) is 37.8. The predicted molar refractivity (Wildman–Crippen MR) is 223 cm³/mol. The molecule has 0 saturated heterocycles. The van der Waals surface area contributed by atoms with Crippen LogP contribution in [0.5, 0.6) is 0 Å². The van der Waals surface area contributed by atoms with Crippen LogP contribution in [0.15, 0.2) is 118 Å². The van der Waals surface area contributed by atoms with Crippen LogP contribution in [-0.4, -0.2) is 31.3 Å². The first-order chi connectivity index (χ1) is 24.4. The first kappa shape index (κ1) is 38.4. The van der Waals surface area contributed by atoms with Crippen molar-refractivity contribution in [3.05, 3.63) is 137 Å². The average Bonchev–Trinajstić information content (AvgIpc) is 3.48. The van der Waals surface area contributed by atoms with Gasteiger partial charge in [-0.25, -0.2) is 0 Å². The van der Waals surface area contributed by atoms with E-state index in [0.717, 1.165) is 56.4 Å². The number of hydrogen-bond donors (Lipinski definition) is 0. The third kappa shape index (κ3) is 9.23. The zero-order chi connectivity index (χ0) is 37.5. The third-order valence-electron chi connectivity index (χ3n) is 10.0. The van der Waals surface area contributed by atoms with E-state index in [-0.39, 0.29) is 25.5 Å². The molecule has 2 unspecified atom stereocenters. The molecule has 6 heteroatoms. The summed E-state index contributed by atoms with van der Waals surface area (Å²) in [7, 11) is -1.23. The number of nitrogens with zero attached hydrogens (tertiary/aromatic N) is 2. The van der Waals surface area contributed by atoms with Crippen LogP contribution in [0.4, 0.5) is 0 Å². The number of allylic oxidation sites excluding steroid dienone is 4. The first-order valence-electron chi connectivity index (χ1n) is 18.6. The summed E-state index contributed by atoms with van der Waals surface area (Å²) in [5.74, 6) is 7.02. The number of fused-ring (bicyclic) bond motifs is 3. The monoisotopic (exact) mass is 944 g/mol. The Morgan fingerprint density at radius 3 is 2.27 bits per heavy atom. The molecule has 6 aromatic rings. The van der Waals surface area contributed by atoms with Crippen molar-refractivity contribution >= 4 is 48.5 Å². The van der Waals surface area contributed by atoms with Crippen molar-refractivity contribution in [1.82, 2.24) is 9.97 Å². The van der Waals surface area contributed by atoms with Crippen LogP contribution >= 0.6 is 0 Å². The Labute approximate surface area is 330 Å². The van der Waals surface area contributed by atoms with Gasteiger partial charge < -0.3 is 4.98 Å². The van der Waals surface area contributed by atoms with Gasteiger partial charge in [0.25, 0.3) is 0 Å². The van der Waals surface area contributed by atoms with Gasteiger partial charge in [-0.05, 0) is 28.3 Å². The van der Waals surface area contributed by atoms with Gasteiger partial charge in [0.1, 0.15) is 0 Å². The van der Waals surface area contributed by atoms with Gasteiger partial charge in [-0.1, -0.05) is 65.0 Å². The molecule has 3 nitrogen and oxygen atoms in total. The Kier molecular flexibility index (Phi) is 11.8. The van der Waals surface area contributed by atoms with Gasteiger partial charge in [0.2, 0.25) is 0 Å². The van der Waals surface area contributed by atoms with E-state index in [1.165, 1.54) is 10.8 Å². The molecule has 7 rings (SSSR count). The van der Waals surface area contributed by atoms with Crippen molar-refractivity contribution in [2.45, 2.75) is 82.8 Å². The van der Waals surface area contributed by atoms with Gasteiger partial charge in [-0.2, -0.15) is 0 Å². The fourth-order valence-electron chi connectivity index (χ4n) is 6.33. The van der Waals surface area contributed by atoms with Gasteiger partial charge in [-0.3, -0.25) is 0 Å². The first-order valence-corrected chi connectivity index (χ1v) is 28.9. The maximum absolute atomic E-state index is 9.00. The fraction of sp³-hybridized carbons (Fsp3) is 0.304. The number of aromatic nitrogens is 2. The minimum atomic E-state index is -1.79. The Balaban J connectivity index is 0.000000267. The molecule has 1 aliphatic carbocycles. The minimum Gasteiger partial charge on any atom is -0.0596 e. The van der Waals surface area contributed by atoms with Crippen LogP contribution < -0.4 is 5.19 Å². The van der Waals surface area contributed by atoms with E-state index in [9.17, 15) is 0 Å². The standard InChI is InChI=1S/C32H36GeNO.C14H16NSi.Ir/c1-21(32(2,3)4)23-16-17-34-29(20-23)25-11-15-31-28(19-25)27-18-24(10-14-30(27)35-31)22-8-12-26(13-9-22)33(5,6)7;1-16(2,3)13-9-10-14(15-11-13)12-7-5-4-6-8-12;/h8,10,12-22H,9H2,1-7H3;4-7,9-11H,1-3H3;/q2*-1;/i21D;;. The van der Waals surface area contributed by atoms with Crippen LogP contribution in [-0.2, 0) is 20.1 Å². The maximum atomic E-state index is 9.00. The van der Waals surface area contributed by atoms with Gasteiger partial charge in [-0.15, -0.1) is 35.9 Å². The van der Waals surface area contributed by atoms with E-state index in [1.54, 1.807) is 4.41 Å². The van der Waals surface area contributed by atoms with E-state index in [2.05, 4.69) is 134 Å². The van der Waals surface area contributed by atoms with E-state index < -0.39 is 27.2 Å². The molecule has 1 radical (unpaired) electrons.